The lowest BCUT2D eigenvalue weighted by Gasteiger charge is -2.15. The Morgan fingerprint density at radius 2 is 1.55 bits per heavy atom. The summed E-state index contributed by atoms with van der Waals surface area (Å²) in [6, 6.07) is 17.6. The lowest BCUT2D eigenvalue weighted by Crippen LogP contribution is -2.47. The highest BCUT2D eigenvalue weighted by Crippen LogP contribution is 2.18. The predicted octanol–water partition coefficient (Wildman–Crippen LogP) is 3.16. The second-order valence-electron chi connectivity index (χ2n) is 7.13. The fourth-order valence-electron chi connectivity index (χ4n) is 2.70. The molecule has 0 spiro atoms. The number of rotatable bonds is 7. The van der Waals surface area contributed by atoms with E-state index in [9.17, 15) is 22.4 Å². The van der Waals surface area contributed by atoms with Crippen LogP contribution in [0.4, 0.5) is 10.1 Å². The third-order valence-corrected chi connectivity index (χ3v) is 5.94. The summed E-state index contributed by atoms with van der Waals surface area (Å²) in [4.78, 5) is 24.4. The van der Waals surface area contributed by atoms with Gasteiger partial charge in [0.05, 0.1) is 4.90 Å². The maximum Gasteiger partial charge on any atom is 0.279 e. The van der Waals surface area contributed by atoms with E-state index in [0.29, 0.717) is 5.69 Å². The van der Waals surface area contributed by atoms with Crippen LogP contribution in [0.5, 0.6) is 5.75 Å². The first-order valence-corrected chi connectivity index (χ1v) is 11.3. The summed E-state index contributed by atoms with van der Waals surface area (Å²) in [6.07, 6.45) is -1.08. The van der Waals surface area contributed by atoms with Gasteiger partial charge in [-0.2, -0.15) is 0 Å². The highest BCUT2D eigenvalue weighted by atomic mass is 32.2. The molecule has 0 fully saturated rings. The van der Waals surface area contributed by atoms with Gasteiger partial charge in [-0.05, 0) is 62.4 Å². The summed E-state index contributed by atoms with van der Waals surface area (Å²) in [5, 5.41) is 0. The number of amides is 2. The van der Waals surface area contributed by atoms with Gasteiger partial charge >= 0.3 is 0 Å². The van der Waals surface area contributed by atoms with Crippen LogP contribution in [0.3, 0.4) is 0 Å². The highest BCUT2D eigenvalue weighted by molar-refractivity contribution is 7.92. The Balaban J connectivity index is 1.56. The molecule has 2 amide bonds. The molecular formula is C23H22FN3O5S. The van der Waals surface area contributed by atoms with E-state index >= 15 is 0 Å². The van der Waals surface area contributed by atoms with Crippen LogP contribution in [0, 0.1) is 12.7 Å². The first-order chi connectivity index (χ1) is 15.7. The molecule has 0 saturated heterocycles. The lowest BCUT2D eigenvalue weighted by atomic mass is 10.2. The third kappa shape index (κ3) is 6.30. The molecule has 0 aliphatic carbocycles. The van der Waals surface area contributed by atoms with Crippen molar-refractivity contribution in [1.29, 1.82) is 0 Å². The number of hydrogen-bond donors (Lipinski definition) is 3. The van der Waals surface area contributed by atoms with Crippen molar-refractivity contribution in [3.8, 4) is 5.75 Å². The van der Waals surface area contributed by atoms with Crippen molar-refractivity contribution >= 4 is 27.5 Å². The number of nitrogens with one attached hydrogen (secondary N) is 3. The van der Waals surface area contributed by atoms with Crippen LogP contribution < -0.4 is 20.3 Å². The van der Waals surface area contributed by atoms with Gasteiger partial charge in [-0.1, -0.05) is 29.8 Å². The van der Waals surface area contributed by atoms with E-state index in [4.69, 9.17) is 4.74 Å². The number of sulfonamides is 1. The standard InChI is InChI=1S/C23H22FN3O5S/c1-15-7-11-18(12-8-15)27-33(30,31)19-13-9-17(10-14-19)23(29)26-25-22(28)16(2)32-21-6-4-3-5-20(21)24/h3-14,16,27H,1-2H3,(H,25,28)(H,26,29). The number of para-hydroxylation sites is 1. The zero-order valence-electron chi connectivity index (χ0n) is 17.8. The summed E-state index contributed by atoms with van der Waals surface area (Å²) in [5.74, 6) is -2.08. The molecule has 0 aliphatic heterocycles. The van der Waals surface area contributed by atoms with Crippen LogP contribution >= 0.6 is 0 Å². The molecule has 0 radical (unpaired) electrons. The van der Waals surface area contributed by atoms with Crippen molar-refractivity contribution in [3.63, 3.8) is 0 Å². The van der Waals surface area contributed by atoms with Crippen LogP contribution in [0.25, 0.3) is 0 Å². The number of carbonyl (C=O) groups excluding carboxylic acids is 2. The minimum absolute atomic E-state index is 0.0319. The third-order valence-electron chi connectivity index (χ3n) is 4.54. The SMILES string of the molecule is Cc1ccc(NS(=O)(=O)c2ccc(C(=O)NNC(=O)C(C)Oc3ccccc3F)cc2)cc1. The molecule has 3 rings (SSSR count). The first kappa shape index (κ1) is 23.7. The number of aryl methyl sites for hydroxylation is 1. The van der Waals surface area contributed by atoms with E-state index in [2.05, 4.69) is 15.6 Å². The molecule has 3 aromatic rings. The molecule has 0 aliphatic rings. The largest absolute Gasteiger partial charge is 0.478 e. The van der Waals surface area contributed by atoms with Crippen molar-refractivity contribution in [2.45, 2.75) is 24.8 Å². The fraction of sp³-hybridized carbons (Fsp3) is 0.130. The molecule has 8 nitrogen and oxygen atoms in total. The molecule has 0 bridgehead atoms. The summed E-state index contributed by atoms with van der Waals surface area (Å²) in [6.45, 7) is 3.29. The Morgan fingerprint density at radius 3 is 2.18 bits per heavy atom. The Kier molecular flexibility index (Phi) is 7.29. The second-order valence-corrected chi connectivity index (χ2v) is 8.81. The average Bonchev–Trinajstić information content (AvgIpc) is 2.80. The summed E-state index contributed by atoms with van der Waals surface area (Å²) in [5.41, 5.74) is 5.92. The minimum Gasteiger partial charge on any atom is -0.478 e. The van der Waals surface area contributed by atoms with Crippen molar-refractivity contribution in [3.05, 3.63) is 89.7 Å². The minimum atomic E-state index is -3.84. The van der Waals surface area contributed by atoms with Gasteiger partial charge in [0, 0.05) is 11.3 Å². The highest BCUT2D eigenvalue weighted by Gasteiger charge is 2.18. The van der Waals surface area contributed by atoms with E-state index < -0.39 is 33.8 Å². The fourth-order valence-corrected chi connectivity index (χ4v) is 3.76. The number of ether oxygens (including phenoxy) is 1. The van der Waals surface area contributed by atoms with E-state index in [1.807, 2.05) is 6.92 Å². The Morgan fingerprint density at radius 1 is 0.909 bits per heavy atom. The van der Waals surface area contributed by atoms with Crippen molar-refractivity contribution in [2.24, 2.45) is 0 Å². The maximum atomic E-state index is 13.6. The Hall–Kier alpha value is -3.92. The monoisotopic (exact) mass is 471 g/mol. The number of carbonyl (C=O) groups is 2. The van der Waals surface area contributed by atoms with Crippen LogP contribution in [0.1, 0.15) is 22.8 Å². The molecular weight excluding hydrogens is 449 g/mol. The molecule has 0 saturated carbocycles. The smallest absolute Gasteiger partial charge is 0.279 e. The normalized spacial score (nSPS) is 11.8. The molecule has 172 valence electrons. The number of hydrazine groups is 1. The molecule has 3 aromatic carbocycles. The molecule has 10 heteroatoms. The van der Waals surface area contributed by atoms with Gasteiger partial charge in [0.25, 0.3) is 21.8 Å². The van der Waals surface area contributed by atoms with Gasteiger partial charge < -0.3 is 4.74 Å². The quantitative estimate of drug-likeness (QED) is 0.458. The maximum absolute atomic E-state index is 13.6. The van der Waals surface area contributed by atoms with Crippen molar-refractivity contribution in [1.82, 2.24) is 10.9 Å². The van der Waals surface area contributed by atoms with E-state index in [-0.39, 0.29) is 16.2 Å². The molecule has 1 atom stereocenters. The average molecular weight is 472 g/mol. The second kappa shape index (κ2) is 10.1. The Labute approximate surface area is 190 Å². The summed E-state index contributed by atoms with van der Waals surface area (Å²) >= 11 is 0. The molecule has 1 unspecified atom stereocenters. The van der Waals surface area contributed by atoms with E-state index in [1.165, 1.54) is 49.4 Å². The number of hydrogen-bond acceptors (Lipinski definition) is 5. The van der Waals surface area contributed by atoms with Gasteiger partial charge in [0.2, 0.25) is 0 Å². The summed E-state index contributed by atoms with van der Waals surface area (Å²) in [7, 11) is -3.84. The van der Waals surface area contributed by atoms with Crippen LogP contribution in [-0.2, 0) is 14.8 Å². The predicted molar refractivity (Wildman–Crippen MR) is 121 cm³/mol. The van der Waals surface area contributed by atoms with Crippen molar-refractivity contribution < 1.29 is 27.1 Å². The van der Waals surface area contributed by atoms with Crippen molar-refractivity contribution in [2.75, 3.05) is 4.72 Å². The number of anilines is 1. The topological polar surface area (TPSA) is 114 Å². The molecule has 0 aromatic heterocycles. The van der Waals surface area contributed by atoms with E-state index in [0.717, 1.165) is 5.56 Å². The van der Waals surface area contributed by atoms with E-state index in [1.54, 1.807) is 30.3 Å². The molecule has 0 heterocycles. The summed E-state index contributed by atoms with van der Waals surface area (Å²) < 4.78 is 46.4. The Bertz CT molecular complexity index is 1250. The zero-order chi connectivity index (χ0) is 24.0. The van der Waals surface area contributed by atoms with Gasteiger partial charge in [0.15, 0.2) is 17.7 Å². The van der Waals surface area contributed by atoms with Crippen LogP contribution in [0.2, 0.25) is 0 Å². The van der Waals surface area contributed by atoms with Gasteiger partial charge in [-0.3, -0.25) is 25.2 Å². The molecule has 33 heavy (non-hydrogen) atoms. The van der Waals surface area contributed by atoms with Crippen LogP contribution in [-0.4, -0.2) is 26.3 Å². The first-order valence-electron chi connectivity index (χ1n) is 9.86. The number of halogens is 1. The lowest BCUT2D eigenvalue weighted by molar-refractivity contribution is -0.128. The number of benzene rings is 3. The molecule has 3 N–H and O–H groups in total. The zero-order valence-corrected chi connectivity index (χ0v) is 18.6. The van der Waals surface area contributed by atoms with Gasteiger partial charge in [-0.15, -0.1) is 0 Å². The van der Waals surface area contributed by atoms with Gasteiger partial charge in [-0.25, -0.2) is 12.8 Å². The van der Waals surface area contributed by atoms with Gasteiger partial charge in [0.1, 0.15) is 0 Å². The van der Waals surface area contributed by atoms with Crippen LogP contribution in [0.15, 0.2) is 77.7 Å².